The molecule has 0 radical (unpaired) electrons. The van der Waals surface area contributed by atoms with Gasteiger partial charge in [-0.1, -0.05) is 6.07 Å². The molecule has 0 aliphatic heterocycles. The Bertz CT molecular complexity index is 899. The molecule has 1 aromatic heterocycles. The number of hydrogen-bond acceptors (Lipinski definition) is 4. The average molecular weight is 278 g/mol. The Labute approximate surface area is 110 Å². The first-order chi connectivity index (χ1) is 9.54. The van der Waals surface area contributed by atoms with Gasteiger partial charge in [-0.05, 0) is 12.1 Å². The van der Waals surface area contributed by atoms with E-state index in [9.17, 15) is 18.7 Å². The topological polar surface area (TPSA) is 59.7 Å². The van der Waals surface area contributed by atoms with Crippen molar-refractivity contribution in [3.63, 3.8) is 0 Å². The molecule has 0 saturated heterocycles. The number of rotatable bonds is 1. The third-order valence-corrected chi connectivity index (χ3v) is 3.06. The van der Waals surface area contributed by atoms with Gasteiger partial charge in [-0.3, -0.25) is 0 Å². The first-order valence-corrected chi connectivity index (χ1v) is 5.65. The molecule has 0 aliphatic carbocycles. The zero-order chi connectivity index (χ0) is 14.4. The van der Waals surface area contributed by atoms with Crippen LogP contribution in [-0.2, 0) is 0 Å². The first kappa shape index (κ1) is 12.4. The van der Waals surface area contributed by atoms with Crippen LogP contribution in [0.2, 0.25) is 0 Å². The molecule has 3 aromatic rings. The largest absolute Gasteiger partial charge is 0.505 e. The van der Waals surface area contributed by atoms with Crippen LogP contribution in [0.25, 0.3) is 21.7 Å². The lowest BCUT2D eigenvalue weighted by molar-refractivity contribution is 0.416. The van der Waals surface area contributed by atoms with Crippen molar-refractivity contribution in [2.24, 2.45) is 0 Å². The van der Waals surface area contributed by atoms with E-state index in [1.165, 1.54) is 19.2 Å². The fourth-order valence-corrected chi connectivity index (χ4v) is 2.20. The minimum atomic E-state index is -1.19. The summed E-state index contributed by atoms with van der Waals surface area (Å²) in [5.74, 6) is -2.81. The van der Waals surface area contributed by atoms with Gasteiger partial charge < -0.3 is 14.3 Å². The number of halogens is 2. The van der Waals surface area contributed by atoms with Crippen LogP contribution in [0.15, 0.2) is 33.5 Å². The van der Waals surface area contributed by atoms with Gasteiger partial charge in [-0.2, -0.15) is 4.39 Å². The number of benzene rings is 2. The Morgan fingerprint density at radius 3 is 2.70 bits per heavy atom. The Balaban J connectivity index is 2.72. The molecule has 0 atom stereocenters. The Kier molecular flexibility index (Phi) is 2.60. The minimum Gasteiger partial charge on any atom is -0.505 e. The highest BCUT2D eigenvalue weighted by molar-refractivity contribution is 6.08. The van der Waals surface area contributed by atoms with Crippen LogP contribution in [0.5, 0.6) is 11.5 Å². The fraction of sp³-hybridized carbons (Fsp3) is 0.0714. The molecule has 1 N–H and O–H groups in total. The molecular formula is C14H8F2O4. The van der Waals surface area contributed by atoms with E-state index >= 15 is 0 Å². The van der Waals surface area contributed by atoms with Crippen molar-refractivity contribution in [2.45, 2.75) is 0 Å². The Morgan fingerprint density at radius 2 is 2.00 bits per heavy atom. The second kappa shape index (κ2) is 4.19. The second-order valence-electron chi connectivity index (χ2n) is 4.17. The van der Waals surface area contributed by atoms with E-state index in [1.54, 1.807) is 6.07 Å². The highest BCUT2D eigenvalue weighted by Crippen LogP contribution is 2.36. The smallest absolute Gasteiger partial charge is 0.344 e. The van der Waals surface area contributed by atoms with Crippen LogP contribution in [0.1, 0.15) is 0 Å². The molecular weight excluding hydrogens is 270 g/mol. The number of methoxy groups -OCH3 is 1. The standard InChI is InChI=1S/C14H8F2O4/c1-19-9-4-2-3-6-10(9)11-7(15)5-8(17)12(16)13(11)20-14(6)18/h2-5,17H,1H3. The maximum absolute atomic E-state index is 14.1. The molecule has 6 heteroatoms. The van der Waals surface area contributed by atoms with Crippen molar-refractivity contribution in [1.29, 1.82) is 0 Å². The highest BCUT2D eigenvalue weighted by Gasteiger charge is 2.20. The summed E-state index contributed by atoms with van der Waals surface area (Å²) in [4.78, 5) is 11.8. The van der Waals surface area contributed by atoms with Crippen LogP contribution in [0.3, 0.4) is 0 Å². The van der Waals surface area contributed by atoms with Crippen molar-refractivity contribution in [3.05, 3.63) is 46.3 Å². The van der Waals surface area contributed by atoms with Crippen molar-refractivity contribution in [3.8, 4) is 11.5 Å². The van der Waals surface area contributed by atoms with Crippen molar-refractivity contribution < 1.29 is 23.0 Å². The lowest BCUT2D eigenvalue weighted by Gasteiger charge is -2.09. The zero-order valence-electron chi connectivity index (χ0n) is 10.2. The quantitative estimate of drug-likeness (QED) is 0.549. The van der Waals surface area contributed by atoms with E-state index in [1.807, 2.05) is 0 Å². The number of phenolic OH excluding ortho intramolecular Hbond substituents is 1. The van der Waals surface area contributed by atoms with E-state index in [0.717, 1.165) is 0 Å². The summed E-state index contributed by atoms with van der Waals surface area (Å²) in [7, 11) is 1.35. The van der Waals surface area contributed by atoms with Gasteiger partial charge in [-0.25, -0.2) is 9.18 Å². The Hall–Kier alpha value is -2.63. The van der Waals surface area contributed by atoms with Crippen LogP contribution >= 0.6 is 0 Å². The average Bonchev–Trinajstić information content (AvgIpc) is 2.44. The maximum Gasteiger partial charge on any atom is 0.344 e. The summed E-state index contributed by atoms with van der Waals surface area (Å²) >= 11 is 0. The van der Waals surface area contributed by atoms with Crippen molar-refractivity contribution in [1.82, 2.24) is 0 Å². The van der Waals surface area contributed by atoms with Crippen molar-refractivity contribution >= 4 is 21.7 Å². The van der Waals surface area contributed by atoms with Gasteiger partial charge in [0.2, 0.25) is 5.82 Å². The number of hydrogen-bond donors (Lipinski definition) is 1. The molecule has 4 nitrogen and oxygen atoms in total. The number of fused-ring (bicyclic) bond motifs is 3. The molecule has 2 aromatic carbocycles. The van der Waals surface area contributed by atoms with Gasteiger partial charge in [0.1, 0.15) is 11.6 Å². The van der Waals surface area contributed by atoms with Gasteiger partial charge in [0.25, 0.3) is 0 Å². The predicted octanol–water partition coefficient (Wildman–Crippen LogP) is 2.94. The molecule has 0 spiro atoms. The summed E-state index contributed by atoms with van der Waals surface area (Å²) in [6.07, 6.45) is 0. The molecule has 0 saturated carbocycles. The third-order valence-electron chi connectivity index (χ3n) is 3.06. The third kappa shape index (κ3) is 1.54. The van der Waals surface area contributed by atoms with Crippen LogP contribution < -0.4 is 10.4 Å². The van der Waals surface area contributed by atoms with Crippen molar-refractivity contribution in [2.75, 3.05) is 7.11 Å². The molecule has 0 unspecified atom stereocenters. The number of ether oxygens (including phenoxy) is 1. The molecule has 0 fully saturated rings. The highest BCUT2D eigenvalue weighted by atomic mass is 19.1. The van der Waals surface area contributed by atoms with Crippen LogP contribution in [0, 0.1) is 11.6 Å². The minimum absolute atomic E-state index is 0.0702. The Morgan fingerprint density at radius 1 is 1.25 bits per heavy atom. The van der Waals surface area contributed by atoms with E-state index in [4.69, 9.17) is 9.15 Å². The molecule has 1 heterocycles. The lowest BCUT2D eigenvalue weighted by atomic mass is 10.1. The predicted molar refractivity (Wildman–Crippen MR) is 68.1 cm³/mol. The van der Waals surface area contributed by atoms with Gasteiger partial charge in [0.05, 0.1) is 17.9 Å². The molecule has 3 rings (SSSR count). The van der Waals surface area contributed by atoms with E-state index < -0.39 is 28.6 Å². The maximum atomic E-state index is 14.1. The molecule has 0 amide bonds. The molecule has 0 bridgehead atoms. The normalized spacial score (nSPS) is 11.2. The summed E-state index contributed by atoms with van der Waals surface area (Å²) in [6, 6.07) is 5.11. The van der Waals surface area contributed by atoms with E-state index in [2.05, 4.69) is 0 Å². The van der Waals surface area contributed by atoms with Gasteiger partial charge in [-0.15, -0.1) is 0 Å². The zero-order valence-corrected chi connectivity index (χ0v) is 10.2. The summed E-state index contributed by atoms with van der Waals surface area (Å²) < 4.78 is 37.8. The monoisotopic (exact) mass is 278 g/mol. The van der Waals surface area contributed by atoms with E-state index in [-0.39, 0.29) is 21.9 Å². The van der Waals surface area contributed by atoms with Crippen LogP contribution in [-0.4, -0.2) is 12.2 Å². The SMILES string of the molecule is COc1cccc2c(=O)oc3c(F)c(O)cc(F)c3c12. The van der Waals surface area contributed by atoms with E-state index in [0.29, 0.717) is 6.07 Å². The summed E-state index contributed by atoms with van der Waals surface area (Å²) in [5.41, 5.74) is -1.47. The summed E-state index contributed by atoms with van der Waals surface area (Å²) in [5, 5.41) is 9.22. The van der Waals surface area contributed by atoms with Gasteiger partial charge in [0, 0.05) is 11.5 Å². The second-order valence-corrected chi connectivity index (χ2v) is 4.17. The molecule has 0 aliphatic rings. The first-order valence-electron chi connectivity index (χ1n) is 5.65. The molecule has 20 heavy (non-hydrogen) atoms. The lowest BCUT2D eigenvalue weighted by Crippen LogP contribution is -2.03. The number of aromatic hydroxyl groups is 1. The van der Waals surface area contributed by atoms with Gasteiger partial charge in [0.15, 0.2) is 11.3 Å². The molecule has 102 valence electrons. The van der Waals surface area contributed by atoms with Crippen LogP contribution in [0.4, 0.5) is 8.78 Å². The fourth-order valence-electron chi connectivity index (χ4n) is 2.20. The number of phenols is 1. The summed E-state index contributed by atoms with van der Waals surface area (Å²) in [6.45, 7) is 0. The van der Waals surface area contributed by atoms with Gasteiger partial charge >= 0.3 is 5.63 Å².